The van der Waals surface area contributed by atoms with Crippen molar-refractivity contribution >= 4 is 51.6 Å². The molecule has 0 fully saturated rings. The molecule has 1 aliphatic heterocycles. The first-order chi connectivity index (χ1) is 17.1. The van der Waals surface area contributed by atoms with Gasteiger partial charge in [-0.15, -0.1) is 0 Å². The third kappa shape index (κ3) is 6.54. The summed E-state index contributed by atoms with van der Waals surface area (Å²) in [6.45, 7) is 13.9. The summed E-state index contributed by atoms with van der Waals surface area (Å²) in [5.74, 6) is 1.73. The molecule has 1 amide bonds. The van der Waals surface area contributed by atoms with Crippen LogP contribution >= 0.6 is 11.8 Å². The van der Waals surface area contributed by atoms with E-state index in [4.69, 9.17) is 9.02 Å². The molecule has 0 spiro atoms. The van der Waals surface area contributed by atoms with Crippen LogP contribution in [0.2, 0.25) is 0 Å². The van der Waals surface area contributed by atoms with E-state index in [2.05, 4.69) is 0 Å². The molecule has 37 heavy (non-hydrogen) atoms. The summed E-state index contributed by atoms with van der Waals surface area (Å²) in [5.41, 5.74) is 2.30. The zero-order valence-corrected chi connectivity index (χ0v) is 24.1. The number of benzene rings is 2. The van der Waals surface area contributed by atoms with Gasteiger partial charge in [-0.3, -0.25) is 9.63 Å². The van der Waals surface area contributed by atoms with E-state index >= 15 is 0 Å². The Bertz CT molecular complexity index is 1370. The maximum Gasteiger partial charge on any atom is 0.306 e. The number of hydroxylamine groups is 1. The molecule has 1 aliphatic rings. The largest absolute Gasteiger partial charge is 0.382 e. The van der Waals surface area contributed by atoms with Crippen molar-refractivity contribution in [1.29, 1.82) is 0 Å². The second-order valence-electron chi connectivity index (χ2n) is 10.8. The molecule has 0 saturated carbocycles. The van der Waals surface area contributed by atoms with Crippen molar-refractivity contribution in [3.8, 4) is 5.75 Å². The lowest BCUT2D eigenvalue weighted by Gasteiger charge is -2.31. The van der Waals surface area contributed by atoms with Crippen LogP contribution in [0.3, 0.4) is 0 Å². The van der Waals surface area contributed by atoms with Crippen LogP contribution in [0.25, 0.3) is 12.2 Å². The van der Waals surface area contributed by atoms with Gasteiger partial charge in [-0.1, -0.05) is 65.4 Å². The number of fused-ring (bicyclic) bond motifs is 1. The number of rotatable bonds is 6. The predicted molar refractivity (Wildman–Crippen MR) is 149 cm³/mol. The summed E-state index contributed by atoms with van der Waals surface area (Å²) in [6.07, 6.45) is 4.09. The van der Waals surface area contributed by atoms with Gasteiger partial charge in [0.15, 0.2) is 0 Å². The van der Waals surface area contributed by atoms with Crippen molar-refractivity contribution in [2.45, 2.75) is 64.2 Å². The minimum Gasteiger partial charge on any atom is -0.382 e. The van der Waals surface area contributed by atoms with Crippen molar-refractivity contribution in [3.05, 3.63) is 57.5 Å². The second-order valence-corrected chi connectivity index (χ2v) is 13.5. The van der Waals surface area contributed by atoms with Crippen LogP contribution in [0.1, 0.15) is 70.7 Å². The Morgan fingerprint density at radius 2 is 1.65 bits per heavy atom. The van der Waals surface area contributed by atoms with Crippen LogP contribution in [0.15, 0.2) is 40.1 Å². The van der Waals surface area contributed by atoms with Crippen molar-refractivity contribution in [2.75, 3.05) is 17.9 Å². The lowest BCUT2D eigenvalue weighted by Crippen LogP contribution is -2.35. The first kappa shape index (κ1) is 28.7. The van der Waals surface area contributed by atoms with Gasteiger partial charge in [0.05, 0.1) is 23.5 Å². The van der Waals surface area contributed by atoms with Gasteiger partial charge in [0.2, 0.25) is 0 Å². The lowest BCUT2D eigenvalue weighted by molar-refractivity contribution is -0.121. The van der Waals surface area contributed by atoms with Gasteiger partial charge in [0.1, 0.15) is 11.7 Å². The van der Waals surface area contributed by atoms with Crippen molar-refractivity contribution in [1.82, 2.24) is 0 Å². The predicted octanol–water partition coefficient (Wildman–Crippen LogP) is 5.90. The smallest absolute Gasteiger partial charge is 0.306 e. The molecule has 9 heteroatoms. The molecule has 0 atom stereocenters. The van der Waals surface area contributed by atoms with Crippen molar-refractivity contribution < 1.29 is 27.0 Å². The molecule has 1 heterocycles. The second kappa shape index (κ2) is 10.5. The topological polar surface area (TPSA) is 90.0 Å². The summed E-state index contributed by atoms with van der Waals surface area (Å²) in [7, 11) is -3.77. The van der Waals surface area contributed by atoms with Crippen LogP contribution in [0.4, 0.5) is 5.69 Å². The Hall–Kier alpha value is -2.84. The number of carbonyl (C=O) groups is 1. The molecule has 0 saturated heterocycles. The fourth-order valence-corrected chi connectivity index (χ4v) is 5.50. The highest BCUT2D eigenvalue weighted by Crippen LogP contribution is 2.46. The van der Waals surface area contributed by atoms with E-state index in [1.165, 1.54) is 22.9 Å². The molecular formula is C28H33NO6S2. The molecule has 0 radical (unpaired) electrons. The maximum absolute atomic E-state index is 13.6. The number of hydrogen-bond donors (Lipinski definition) is 0. The number of para-hydroxylation sites is 1. The van der Waals surface area contributed by atoms with Crippen molar-refractivity contribution in [3.63, 3.8) is 0 Å². The molecule has 0 N–H and O–H groups in total. The highest BCUT2D eigenvalue weighted by molar-refractivity contribution is 8.04. The molecule has 2 aromatic rings. The summed E-state index contributed by atoms with van der Waals surface area (Å²) >= 11 is 1.28. The fourth-order valence-electron chi connectivity index (χ4n) is 3.97. The quantitative estimate of drug-likeness (QED) is 0.255. The van der Waals surface area contributed by atoms with Gasteiger partial charge in [-0.2, -0.15) is 13.5 Å². The molecule has 198 valence electrons. The van der Waals surface area contributed by atoms with Crippen LogP contribution < -0.4 is 9.25 Å². The van der Waals surface area contributed by atoms with Gasteiger partial charge in [-0.05, 0) is 47.6 Å². The highest BCUT2D eigenvalue weighted by atomic mass is 32.2. The molecular weight excluding hydrogens is 510 g/mol. The van der Waals surface area contributed by atoms with Crippen LogP contribution in [0.5, 0.6) is 5.75 Å². The molecule has 2 aromatic carbocycles. The Kier molecular flexibility index (Phi) is 8.15. The van der Waals surface area contributed by atoms with Crippen molar-refractivity contribution in [2.24, 2.45) is 0 Å². The summed E-state index contributed by atoms with van der Waals surface area (Å²) in [5, 5.41) is 1.22. The van der Waals surface area contributed by atoms with Crippen LogP contribution in [0, 0.1) is 0 Å². The van der Waals surface area contributed by atoms with Gasteiger partial charge in [-0.25, -0.2) is 4.79 Å². The third-order valence-corrected chi connectivity index (χ3v) is 7.11. The average Bonchev–Trinajstić information content (AvgIpc) is 2.75. The van der Waals surface area contributed by atoms with Crippen LogP contribution in [-0.4, -0.2) is 33.1 Å². The number of amides is 1. The lowest BCUT2D eigenvalue weighted by atomic mass is 9.78. The Balaban J connectivity index is 2.27. The van der Waals surface area contributed by atoms with Gasteiger partial charge < -0.3 is 4.18 Å². The third-order valence-electron chi connectivity index (χ3n) is 5.58. The Labute approximate surface area is 223 Å². The van der Waals surface area contributed by atoms with E-state index in [0.29, 0.717) is 33.0 Å². The van der Waals surface area contributed by atoms with E-state index in [9.17, 15) is 18.0 Å². The summed E-state index contributed by atoms with van der Waals surface area (Å²) < 4.78 is 29.9. The van der Waals surface area contributed by atoms with Crippen LogP contribution in [-0.2, 0) is 35.4 Å². The fraction of sp³-hybridized carbons (Fsp3) is 0.393. The Morgan fingerprint density at radius 3 is 2.14 bits per heavy atom. The van der Waals surface area contributed by atoms with Gasteiger partial charge in [0, 0.05) is 27.7 Å². The standard InChI is InChI=1S/C28H33NO6S2/c1-9-34-29-24-19(13-14-30)11-10-12-22(24)36-23(26(29)31)17-18-15-20(27(2,3)4)25(35-37(8,32)33)21(16-18)28(5,6)7/h10-13,15-17H,9H2,1-8H3. The van der Waals surface area contributed by atoms with E-state index < -0.39 is 20.9 Å². The Morgan fingerprint density at radius 1 is 1.05 bits per heavy atom. The monoisotopic (exact) mass is 543 g/mol. The zero-order valence-electron chi connectivity index (χ0n) is 22.5. The molecule has 7 nitrogen and oxygen atoms in total. The number of nitrogens with zero attached hydrogens (tertiary/aromatic N) is 1. The molecule has 0 aliphatic carbocycles. The zero-order chi connectivity index (χ0) is 27.8. The van der Waals surface area contributed by atoms with E-state index in [1.807, 2.05) is 59.7 Å². The molecule has 0 aromatic heterocycles. The SMILES string of the molecule is CCON1C(=O)C(=Cc2cc(C(C)(C)C)c(OS(C)(=O)=O)c(C(C)(C)C)c2)Sc2cccc(C=C=O)c21. The normalized spacial score (nSPS) is 15.4. The summed E-state index contributed by atoms with van der Waals surface area (Å²) in [6, 6.07) is 9.12. The number of thioether (sulfide) groups is 1. The van der Waals surface area contributed by atoms with E-state index in [1.54, 1.807) is 31.1 Å². The first-order valence-electron chi connectivity index (χ1n) is 11.9. The number of anilines is 1. The minimum absolute atomic E-state index is 0.252. The van der Waals surface area contributed by atoms with Gasteiger partial charge in [0.25, 0.3) is 5.91 Å². The minimum atomic E-state index is -3.77. The summed E-state index contributed by atoms with van der Waals surface area (Å²) in [4.78, 5) is 31.5. The highest BCUT2D eigenvalue weighted by Gasteiger charge is 2.33. The molecule has 3 rings (SSSR count). The number of hydrogen-bond acceptors (Lipinski definition) is 7. The van der Waals surface area contributed by atoms with E-state index in [-0.39, 0.29) is 12.5 Å². The maximum atomic E-state index is 13.6. The van der Waals surface area contributed by atoms with Gasteiger partial charge >= 0.3 is 10.1 Å². The first-order valence-corrected chi connectivity index (χ1v) is 14.5. The number of carbonyl (C=O) groups excluding carboxylic acids is 2. The molecule has 0 bridgehead atoms. The molecule has 0 unspecified atom stereocenters. The van der Waals surface area contributed by atoms with E-state index in [0.717, 1.165) is 16.7 Å². The average molecular weight is 544 g/mol.